The number of benzene rings is 1. The molecule has 10 heteroatoms. The molecule has 1 aromatic rings. The van der Waals surface area contributed by atoms with Gasteiger partial charge in [-0.3, -0.25) is 9.59 Å². The molecule has 0 fully saturated rings. The van der Waals surface area contributed by atoms with E-state index in [9.17, 15) is 24.9 Å². The number of anilines is 1. The molecule has 2 rings (SSSR count). The lowest BCUT2D eigenvalue weighted by molar-refractivity contribution is -0.150. The van der Waals surface area contributed by atoms with Crippen molar-refractivity contribution in [2.75, 3.05) is 18.2 Å². The molecule has 0 aliphatic carbocycles. The van der Waals surface area contributed by atoms with Gasteiger partial charge in [-0.1, -0.05) is 39.0 Å². The van der Waals surface area contributed by atoms with Crippen molar-refractivity contribution >= 4 is 45.2 Å². The van der Waals surface area contributed by atoms with Gasteiger partial charge in [-0.25, -0.2) is 0 Å². The molecule has 1 aliphatic heterocycles. The highest BCUT2D eigenvalue weighted by Crippen LogP contribution is 2.36. The molecular weight excluding hydrogens is 488 g/mol. The number of hydrogen-bond donors (Lipinski definition) is 5. The van der Waals surface area contributed by atoms with Crippen LogP contribution in [0.2, 0.25) is 0 Å². The minimum atomic E-state index is -1.71. The van der Waals surface area contributed by atoms with Gasteiger partial charge < -0.3 is 30.7 Å². The second kappa shape index (κ2) is 10.9. The lowest BCUT2D eigenvalue weighted by atomic mass is 9.94. The van der Waals surface area contributed by atoms with E-state index in [0.29, 0.717) is 5.69 Å². The summed E-state index contributed by atoms with van der Waals surface area (Å²) in [4.78, 5) is 26.1. The lowest BCUT2D eigenvalue weighted by Gasteiger charge is -2.28. The van der Waals surface area contributed by atoms with Crippen molar-refractivity contribution in [3.63, 3.8) is 0 Å². The van der Waals surface area contributed by atoms with E-state index in [2.05, 4.69) is 26.6 Å². The Morgan fingerprint density at radius 1 is 1.32 bits per heavy atom. The Morgan fingerprint density at radius 3 is 2.61 bits per heavy atom. The number of carbonyl (C=O) groups is 2. The molecule has 5 atom stereocenters. The number of rotatable bonds is 7. The van der Waals surface area contributed by atoms with E-state index in [1.54, 1.807) is 18.2 Å². The van der Waals surface area contributed by atoms with Gasteiger partial charge in [0, 0.05) is 22.2 Å². The first kappa shape index (κ1) is 25.8. The third kappa shape index (κ3) is 7.03. The van der Waals surface area contributed by atoms with E-state index < -0.39 is 42.3 Å². The first-order valence-electron chi connectivity index (χ1n) is 9.73. The molecule has 2 amide bonds. The predicted octanol–water partition coefficient (Wildman–Crippen LogP) is 1.68. The number of fused-ring (bicyclic) bond motifs is 1. The van der Waals surface area contributed by atoms with Crippen LogP contribution in [0.15, 0.2) is 39.7 Å². The number of thioether (sulfide) groups is 1. The standard InChI is InChI=1S/C21H29BrN2O6S/c1-21(2,3)9-8-14(25)15(26)16(27)17(30-4)20(29)24-13-10-31-18-11(22)6-5-7-12(18)23-19(13)28/h5-9,13-17,25-27H,10H2,1-4H3,(H,23,28)(H,24,29)/b9-8+/t13-,14+,15-,16+,17+/m0/s1. The highest BCUT2D eigenvalue weighted by atomic mass is 79.9. The van der Waals surface area contributed by atoms with Crippen molar-refractivity contribution in [1.29, 1.82) is 0 Å². The van der Waals surface area contributed by atoms with Crippen LogP contribution in [0.25, 0.3) is 0 Å². The van der Waals surface area contributed by atoms with E-state index in [4.69, 9.17) is 4.74 Å². The van der Waals surface area contributed by atoms with Crippen LogP contribution in [0, 0.1) is 5.41 Å². The van der Waals surface area contributed by atoms with E-state index in [-0.39, 0.29) is 11.2 Å². The Hall–Kier alpha value is -1.43. The normalized spacial score (nSPS) is 20.9. The van der Waals surface area contributed by atoms with Crippen LogP contribution in [0.4, 0.5) is 5.69 Å². The van der Waals surface area contributed by atoms with Crippen LogP contribution in [0.5, 0.6) is 0 Å². The molecule has 0 unspecified atom stereocenters. The number of hydrogen-bond acceptors (Lipinski definition) is 7. The van der Waals surface area contributed by atoms with Gasteiger partial charge in [0.05, 0.1) is 5.69 Å². The third-order valence-electron chi connectivity index (χ3n) is 4.57. The van der Waals surface area contributed by atoms with Gasteiger partial charge in [0.25, 0.3) is 5.91 Å². The van der Waals surface area contributed by atoms with Crippen LogP contribution in [0.1, 0.15) is 20.8 Å². The molecule has 0 saturated heterocycles. The Kier molecular flexibility index (Phi) is 9.11. The molecule has 8 nitrogen and oxygen atoms in total. The fourth-order valence-corrected chi connectivity index (χ4v) is 4.62. The Labute approximate surface area is 194 Å². The topological polar surface area (TPSA) is 128 Å². The van der Waals surface area contributed by atoms with Gasteiger partial charge in [0.1, 0.15) is 24.4 Å². The zero-order chi connectivity index (χ0) is 23.3. The summed E-state index contributed by atoms with van der Waals surface area (Å²) in [6.07, 6.45) is -3.20. The summed E-state index contributed by atoms with van der Waals surface area (Å²) >= 11 is 4.84. The number of aliphatic hydroxyl groups is 3. The monoisotopic (exact) mass is 516 g/mol. The summed E-state index contributed by atoms with van der Waals surface area (Å²) in [6, 6.07) is 4.53. The fourth-order valence-electron chi connectivity index (χ4n) is 2.86. The van der Waals surface area contributed by atoms with Crippen LogP contribution >= 0.6 is 27.7 Å². The summed E-state index contributed by atoms with van der Waals surface area (Å²) in [5, 5.41) is 36.2. The molecule has 5 N–H and O–H groups in total. The second-order valence-corrected chi connectivity index (χ2v) is 10.2. The number of ether oxygens (including phenoxy) is 1. The van der Waals surface area contributed by atoms with Crippen molar-refractivity contribution in [2.24, 2.45) is 5.41 Å². The molecule has 1 aromatic carbocycles. The zero-order valence-corrected chi connectivity index (χ0v) is 20.2. The molecule has 1 aliphatic rings. The second-order valence-electron chi connectivity index (χ2n) is 8.33. The van der Waals surface area contributed by atoms with Crippen molar-refractivity contribution in [2.45, 2.75) is 56.1 Å². The number of methoxy groups -OCH3 is 1. The average molecular weight is 517 g/mol. The maximum Gasteiger partial charge on any atom is 0.252 e. The number of carbonyl (C=O) groups excluding carboxylic acids is 2. The number of nitrogens with one attached hydrogen (secondary N) is 2. The highest BCUT2D eigenvalue weighted by molar-refractivity contribution is 9.10. The maximum absolute atomic E-state index is 12.7. The van der Waals surface area contributed by atoms with Gasteiger partial charge in [-0.05, 0) is 33.5 Å². The minimum absolute atomic E-state index is 0.235. The largest absolute Gasteiger partial charge is 0.387 e. The zero-order valence-electron chi connectivity index (χ0n) is 17.8. The molecule has 0 radical (unpaired) electrons. The highest BCUT2D eigenvalue weighted by Gasteiger charge is 2.37. The molecule has 1 heterocycles. The molecule has 31 heavy (non-hydrogen) atoms. The van der Waals surface area contributed by atoms with Gasteiger partial charge in [0.2, 0.25) is 5.91 Å². The van der Waals surface area contributed by atoms with Gasteiger partial charge in [-0.15, -0.1) is 11.8 Å². The first-order chi connectivity index (χ1) is 14.4. The van der Waals surface area contributed by atoms with Crippen LogP contribution in [-0.2, 0) is 14.3 Å². The smallest absolute Gasteiger partial charge is 0.252 e. The Balaban J connectivity index is 2.06. The van der Waals surface area contributed by atoms with E-state index >= 15 is 0 Å². The molecule has 0 bridgehead atoms. The summed E-state index contributed by atoms with van der Waals surface area (Å²) in [5.74, 6) is -0.915. The van der Waals surface area contributed by atoms with Crippen molar-refractivity contribution in [3.05, 3.63) is 34.8 Å². The van der Waals surface area contributed by atoms with Crippen LogP contribution in [-0.4, -0.2) is 70.5 Å². The number of aliphatic hydroxyl groups excluding tert-OH is 3. The van der Waals surface area contributed by atoms with Gasteiger partial charge in [-0.2, -0.15) is 0 Å². The molecule has 0 spiro atoms. The molecule has 0 saturated carbocycles. The molecule has 0 aromatic heterocycles. The van der Waals surface area contributed by atoms with Crippen molar-refractivity contribution in [1.82, 2.24) is 5.32 Å². The Bertz CT molecular complexity index is 829. The van der Waals surface area contributed by atoms with E-state index in [1.165, 1.54) is 24.9 Å². The minimum Gasteiger partial charge on any atom is -0.387 e. The Morgan fingerprint density at radius 2 is 2.00 bits per heavy atom. The lowest BCUT2D eigenvalue weighted by Crippen LogP contribution is -2.55. The van der Waals surface area contributed by atoms with Crippen molar-refractivity contribution in [3.8, 4) is 0 Å². The quantitative estimate of drug-likeness (QED) is 0.348. The average Bonchev–Trinajstić information content (AvgIpc) is 2.85. The maximum atomic E-state index is 12.7. The van der Waals surface area contributed by atoms with Gasteiger partial charge in [0.15, 0.2) is 6.10 Å². The van der Waals surface area contributed by atoms with Gasteiger partial charge >= 0.3 is 0 Å². The van der Waals surface area contributed by atoms with Crippen LogP contribution in [0.3, 0.4) is 0 Å². The predicted molar refractivity (Wildman–Crippen MR) is 123 cm³/mol. The summed E-state index contributed by atoms with van der Waals surface area (Å²) in [6.45, 7) is 5.74. The fraction of sp³-hybridized carbons (Fsp3) is 0.524. The number of amides is 2. The summed E-state index contributed by atoms with van der Waals surface area (Å²) < 4.78 is 5.90. The number of halogens is 1. The molecule has 172 valence electrons. The van der Waals surface area contributed by atoms with E-state index in [1.807, 2.05) is 26.8 Å². The van der Waals surface area contributed by atoms with Crippen LogP contribution < -0.4 is 10.6 Å². The SMILES string of the molecule is CO[C@@H](C(=O)N[C@H]1CSc2c(Br)cccc2NC1=O)[C@H](O)[C@@H](O)[C@H](O)/C=C/C(C)(C)C. The summed E-state index contributed by atoms with van der Waals surface area (Å²) in [5.41, 5.74) is 0.398. The van der Waals surface area contributed by atoms with E-state index in [0.717, 1.165) is 9.37 Å². The third-order valence-corrected chi connectivity index (χ3v) is 6.72. The van der Waals surface area contributed by atoms with Crippen molar-refractivity contribution < 1.29 is 29.6 Å². The summed E-state index contributed by atoms with van der Waals surface area (Å²) in [7, 11) is 1.20. The first-order valence-corrected chi connectivity index (χ1v) is 11.5. The number of allylic oxidation sites excluding steroid dienone is 1. The molecular formula is C21H29BrN2O6S.